The van der Waals surface area contributed by atoms with Crippen molar-refractivity contribution in [1.82, 2.24) is 10.6 Å². The van der Waals surface area contributed by atoms with E-state index >= 15 is 0 Å². The zero-order valence-electron chi connectivity index (χ0n) is 7.47. The lowest BCUT2D eigenvalue weighted by molar-refractivity contribution is 0.598. The molecule has 12 heavy (non-hydrogen) atoms. The van der Waals surface area contributed by atoms with Gasteiger partial charge in [-0.15, -0.1) is 0 Å². The fourth-order valence-electron chi connectivity index (χ4n) is 1.89. The number of nitrogens with zero attached hydrogens (tertiary/aromatic N) is 1. The van der Waals surface area contributed by atoms with Gasteiger partial charge in [-0.1, -0.05) is 12.8 Å². The maximum Gasteiger partial charge on any atom is 0.191 e. The van der Waals surface area contributed by atoms with E-state index in [1.54, 1.807) is 0 Å². The minimum Gasteiger partial charge on any atom is -0.356 e. The Labute approximate surface area is 73.6 Å². The van der Waals surface area contributed by atoms with Gasteiger partial charge in [0.25, 0.3) is 0 Å². The average molecular weight is 167 g/mol. The minimum absolute atomic E-state index is 0.689. The SMILES string of the molecule is C1CN=C(NC2CCCC2)NC1. The highest BCUT2D eigenvalue weighted by atomic mass is 15.2. The van der Waals surface area contributed by atoms with Crippen LogP contribution in [0.1, 0.15) is 32.1 Å². The molecule has 1 fully saturated rings. The van der Waals surface area contributed by atoms with Crippen molar-refractivity contribution >= 4 is 5.96 Å². The summed E-state index contributed by atoms with van der Waals surface area (Å²) in [5.74, 6) is 1.04. The van der Waals surface area contributed by atoms with Crippen LogP contribution in [-0.2, 0) is 0 Å². The molecule has 0 aromatic rings. The molecule has 3 heteroatoms. The molecule has 1 saturated carbocycles. The Kier molecular flexibility index (Phi) is 2.49. The van der Waals surface area contributed by atoms with Gasteiger partial charge in [0.2, 0.25) is 0 Å². The van der Waals surface area contributed by atoms with Crippen LogP contribution in [0.15, 0.2) is 4.99 Å². The maximum absolute atomic E-state index is 4.39. The Balaban J connectivity index is 1.80. The largest absolute Gasteiger partial charge is 0.356 e. The molecule has 0 unspecified atom stereocenters. The number of nitrogens with one attached hydrogen (secondary N) is 2. The Hall–Kier alpha value is -0.730. The van der Waals surface area contributed by atoms with Gasteiger partial charge in [-0.2, -0.15) is 0 Å². The summed E-state index contributed by atoms with van der Waals surface area (Å²) in [4.78, 5) is 4.39. The molecule has 0 bridgehead atoms. The summed E-state index contributed by atoms with van der Waals surface area (Å²) in [6.07, 6.45) is 6.58. The van der Waals surface area contributed by atoms with Crippen LogP contribution in [0.5, 0.6) is 0 Å². The lowest BCUT2D eigenvalue weighted by Crippen LogP contribution is -2.44. The summed E-state index contributed by atoms with van der Waals surface area (Å²) >= 11 is 0. The Morgan fingerprint density at radius 2 is 2.08 bits per heavy atom. The normalized spacial score (nSPS) is 24.8. The standard InChI is InChI=1S/C9H17N3/c1-2-5-8(4-1)12-9-10-6-3-7-11-9/h8H,1-7H2,(H2,10,11,12). The van der Waals surface area contributed by atoms with Crippen molar-refractivity contribution in [3.63, 3.8) is 0 Å². The smallest absolute Gasteiger partial charge is 0.191 e. The molecule has 2 N–H and O–H groups in total. The fraction of sp³-hybridized carbons (Fsp3) is 0.889. The highest BCUT2D eigenvalue weighted by molar-refractivity contribution is 5.80. The molecule has 1 aliphatic heterocycles. The summed E-state index contributed by atoms with van der Waals surface area (Å²) in [5, 5.41) is 6.74. The van der Waals surface area contributed by atoms with E-state index < -0.39 is 0 Å². The molecule has 2 aliphatic rings. The van der Waals surface area contributed by atoms with Crippen LogP contribution < -0.4 is 10.6 Å². The first-order chi connectivity index (χ1) is 5.95. The molecule has 3 nitrogen and oxygen atoms in total. The molecule has 0 saturated heterocycles. The van der Waals surface area contributed by atoms with Crippen molar-refractivity contribution in [2.24, 2.45) is 4.99 Å². The van der Waals surface area contributed by atoms with Gasteiger partial charge < -0.3 is 10.6 Å². The molecule has 68 valence electrons. The van der Waals surface area contributed by atoms with Gasteiger partial charge in [-0.05, 0) is 19.3 Å². The van der Waals surface area contributed by atoms with Crippen molar-refractivity contribution in [1.29, 1.82) is 0 Å². The molecular formula is C9H17N3. The van der Waals surface area contributed by atoms with Gasteiger partial charge in [0.1, 0.15) is 0 Å². The minimum atomic E-state index is 0.689. The van der Waals surface area contributed by atoms with Crippen LogP contribution in [0.25, 0.3) is 0 Å². The van der Waals surface area contributed by atoms with Crippen molar-refractivity contribution in [3.8, 4) is 0 Å². The lowest BCUT2D eigenvalue weighted by Gasteiger charge is -2.19. The third-order valence-electron chi connectivity index (χ3n) is 2.59. The molecular weight excluding hydrogens is 150 g/mol. The van der Waals surface area contributed by atoms with E-state index in [1.165, 1.54) is 32.1 Å². The zero-order valence-corrected chi connectivity index (χ0v) is 7.47. The summed E-state index contributed by atoms with van der Waals surface area (Å²) < 4.78 is 0. The van der Waals surface area contributed by atoms with Crippen LogP contribution in [-0.4, -0.2) is 25.1 Å². The van der Waals surface area contributed by atoms with Crippen LogP contribution in [0, 0.1) is 0 Å². The van der Waals surface area contributed by atoms with E-state index in [4.69, 9.17) is 0 Å². The topological polar surface area (TPSA) is 36.4 Å². The van der Waals surface area contributed by atoms with Gasteiger partial charge in [0.15, 0.2) is 5.96 Å². The van der Waals surface area contributed by atoms with Crippen molar-refractivity contribution < 1.29 is 0 Å². The molecule has 0 aromatic heterocycles. The molecule has 1 heterocycles. The number of aliphatic imine (C=N–C) groups is 1. The predicted octanol–water partition coefficient (Wildman–Crippen LogP) is 0.868. The molecule has 0 radical (unpaired) electrons. The maximum atomic E-state index is 4.39. The first kappa shape index (κ1) is 7.90. The number of guanidine groups is 1. The molecule has 1 aliphatic carbocycles. The van der Waals surface area contributed by atoms with E-state index in [0.717, 1.165) is 19.0 Å². The van der Waals surface area contributed by atoms with Gasteiger partial charge in [0, 0.05) is 19.1 Å². The first-order valence-electron chi connectivity index (χ1n) is 5.00. The Morgan fingerprint density at radius 1 is 1.25 bits per heavy atom. The number of hydrogen-bond acceptors (Lipinski definition) is 3. The van der Waals surface area contributed by atoms with Crippen LogP contribution >= 0.6 is 0 Å². The quantitative estimate of drug-likeness (QED) is 0.608. The highest BCUT2D eigenvalue weighted by Crippen LogP contribution is 2.17. The van der Waals surface area contributed by atoms with Crippen molar-refractivity contribution in [2.45, 2.75) is 38.1 Å². The Bertz CT molecular complexity index is 171. The fourth-order valence-corrected chi connectivity index (χ4v) is 1.89. The van der Waals surface area contributed by atoms with E-state index in [9.17, 15) is 0 Å². The van der Waals surface area contributed by atoms with Gasteiger partial charge in [0.05, 0.1) is 0 Å². The lowest BCUT2D eigenvalue weighted by atomic mass is 10.2. The van der Waals surface area contributed by atoms with Gasteiger partial charge in [-0.25, -0.2) is 0 Å². The van der Waals surface area contributed by atoms with E-state index in [-0.39, 0.29) is 0 Å². The molecule has 0 aromatic carbocycles. The summed E-state index contributed by atoms with van der Waals surface area (Å²) in [6, 6.07) is 0.689. The number of rotatable bonds is 1. The predicted molar refractivity (Wildman–Crippen MR) is 50.3 cm³/mol. The third-order valence-corrected chi connectivity index (χ3v) is 2.59. The molecule has 0 atom stereocenters. The van der Waals surface area contributed by atoms with Crippen LogP contribution in [0.4, 0.5) is 0 Å². The monoisotopic (exact) mass is 167 g/mol. The van der Waals surface area contributed by atoms with E-state index in [2.05, 4.69) is 15.6 Å². The zero-order chi connectivity index (χ0) is 8.23. The highest BCUT2D eigenvalue weighted by Gasteiger charge is 2.16. The van der Waals surface area contributed by atoms with Crippen LogP contribution in [0.3, 0.4) is 0 Å². The summed E-state index contributed by atoms with van der Waals surface area (Å²) in [6.45, 7) is 2.07. The average Bonchev–Trinajstić information content (AvgIpc) is 2.59. The first-order valence-corrected chi connectivity index (χ1v) is 5.00. The van der Waals surface area contributed by atoms with Gasteiger partial charge in [-0.3, -0.25) is 4.99 Å². The second kappa shape index (κ2) is 3.78. The van der Waals surface area contributed by atoms with Crippen molar-refractivity contribution in [3.05, 3.63) is 0 Å². The molecule has 0 spiro atoms. The van der Waals surface area contributed by atoms with E-state index in [0.29, 0.717) is 6.04 Å². The second-order valence-corrected chi connectivity index (χ2v) is 3.64. The number of hydrogen-bond donors (Lipinski definition) is 2. The molecule has 2 rings (SSSR count). The summed E-state index contributed by atoms with van der Waals surface area (Å²) in [7, 11) is 0. The van der Waals surface area contributed by atoms with E-state index in [1.807, 2.05) is 0 Å². The van der Waals surface area contributed by atoms with Crippen molar-refractivity contribution in [2.75, 3.05) is 13.1 Å². The van der Waals surface area contributed by atoms with Gasteiger partial charge >= 0.3 is 0 Å². The van der Waals surface area contributed by atoms with Crippen LogP contribution in [0.2, 0.25) is 0 Å². The second-order valence-electron chi connectivity index (χ2n) is 3.64. The summed E-state index contributed by atoms with van der Waals surface area (Å²) in [5.41, 5.74) is 0. The third kappa shape index (κ3) is 1.90. The molecule has 0 amide bonds. The Morgan fingerprint density at radius 3 is 2.75 bits per heavy atom.